The number of nitriles is 1. The van der Waals surface area contributed by atoms with Crippen molar-refractivity contribution in [2.24, 2.45) is 0 Å². The molecule has 0 saturated heterocycles. The Kier molecular flexibility index (Phi) is 6.84. The minimum absolute atomic E-state index is 0.258. The maximum absolute atomic E-state index is 13.4. The number of halogens is 3. The largest absolute Gasteiger partial charge is 0.309 e. The van der Waals surface area contributed by atoms with Gasteiger partial charge in [-0.1, -0.05) is 18.2 Å². The van der Waals surface area contributed by atoms with Crippen molar-refractivity contribution in [3.05, 3.63) is 70.5 Å². The predicted octanol–water partition coefficient (Wildman–Crippen LogP) is 5.26. The van der Waals surface area contributed by atoms with Crippen molar-refractivity contribution in [3.8, 4) is 6.07 Å². The van der Waals surface area contributed by atoms with Crippen molar-refractivity contribution < 1.29 is 4.39 Å². The Balaban J connectivity index is 2.51. The first-order valence-electron chi connectivity index (χ1n) is 8.10. The van der Waals surface area contributed by atoms with E-state index in [1.807, 2.05) is 20.2 Å². The van der Waals surface area contributed by atoms with E-state index in [0.29, 0.717) is 12.0 Å². The van der Waals surface area contributed by atoms with E-state index in [9.17, 15) is 4.39 Å². The van der Waals surface area contributed by atoms with Crippen LogP contribution in [0.4, 0.5) is 4.39 Å². The fourth-order valence-electron chi connectivity index (χ4n) is 2.95. The molecule has 2 rings (SSSR count). The van der Waals surface area contributed by atoms with Gasteiger partial charge in [0.1, 0.15) is 5.82 Å². The number of hydrogen-bond acceptors (Lipinski definition) is 2. The summed E-state index contributed by atoms with van der Waals surface area (Å²) in [6, 6.07) is 13.8. The molecule has 2 aromatic rings. The molecular formula is C20H21Cl2FN2. The van der Waals surface area contributed by atoms with Crippen LogP contribution in [-0.2, 0) is 10.8 Å². The third kappa shape index (κ3) is 4.73. The van der Waals surface area contributed by atoms with E-state index in [1.165, 1.54) is 12.1 Å². The van der Waals surface area contributed by atoms with Crippen LogP contribution in [0, 0.1) is 17.1 Å². The molecule has 0 unspecified atom stereocenters. The standard InChI is InChI=1S/C20H21Cl2FN2/c1-25(2)11-3-10-20(22,17-5-7-18(23)8-6-17)19-9-4-15(14-24)12-16(19)13-21/h4-9,12H,3,10-11,13H2,1-2H3/t20-/m0/s1. The lowest BCUT2D eigenvalue weighted by atomic mass is 9.83. The van der Waals surface area contributed by atoms with Gasteiger partial charge in [-0.05, 0) is 74.4 Å². The van der Waals surface area contributed by atoms with E-state index in [1.54, 1.807) is 24.3 Å². The second-order valence-corrected chi connectivity index (χ2v) is 7.24. The lowest BCUT2D eigenvalue weighted by molar-refractivity contribution is 0.384. The van der Waals surface area contributed by atoms with Gasteiger partial charge >= 0.3 is 0 Å². The van der Waals surface area contributed by atoms with Gasteiger partial charge < -0.3 is 4.90 Å². The highest BCUT2D eigenvalue weighted by molar-refractivity contribution is 6.26. The third-order valence-corrected chi connectivity index (χ3v) is 5.13. The average Bonchev–Trinajstić information content (AvgIpc) is 2.61. The Morgan fingerprint density at radius 3 is 2.40 bits per heavy atom. The first-order valence-corrected chi connectivity index (χ1v) is 9.01. The summed E-state index contributed by atoms with van der Waals surface area (Å²) >= 11 is 13.3. The van der Waals surface area contributed by atoms with Crippen LogP contribution in [0.15, 0.2) is 42.5 Å². The molecule has 2 nitrogen and oxygen atoms in total. The molecule has 132 valence electrons. The van der Waals surface area contributed by atoms with Gasteiger partial charge in [0, 0.05) is 5.88 Å². The second kappa shape index (κ2) is 8.67. The van der Waals surface area contributed by atoms with E-state index in [2.05, 4.69) is 11.0 Å². The van der Waals surface area contributed by atoms with E-state index in [0.717, 1.165) is 29.7 Å². The van der Waals surface area contributed by atoms with Crippen LogP contribution in [0.3, 0.4) is 0 Å². The molecule has 0 spiro atoms. The van der Waals surface area contributed by atoms with Crippen LogP contribution in [0.5, 0.6) is 0 Å². The van der Waals surface area contributed by atoms with Crippen LogP contribution >= 0.6 is 23.2 Å². The van der Waals surface area contributed by atoms with E-state index >= 15 is 0 Å². The van der Waals surface area contributed by atoms with Crippen molar-refractivity contribution in [2.45, 2.75) is 23.6 Å². The molecule has 0 saturated carbocycles. The molecule has 0 amide bonds. The van der Waals surface area contributed by atoms with Crippen molar-refractivity contribution in [1.29, 1.82) is 5.26 Å². The molecule has 0 aromatic heterocycles. The number of rotatable bonds is 7. The quantitative estimate of drug-likeness (QED) is 0.614. The molecule has 5 heteroatoms. The smallest absolute Gasteiger partial charge is 0.123 e. The zero-order valence-corrected chi connectivity index (χ0v) is 15.9. The van der Waals surface area contributed by atoms with Crippen LogP contribution < -0.4 is 0 Å². The molecule has 25 heavy (non-hydrogen) atoms. The zero-order valence-electron chi connectivity index (χ0n) is 14.4. The van der Waals surface area contributed by atoms with Crippen LogP contribution in [0.2, 0.25) is 0 Å². The lowest BCUT2D eigenvalue weighted by Gasteiger charge is -2.31. The Labute approximate surface area is 158 Å². The van der Waals surface area contributed by atoms with Crippen LogP contribution in [0.1, 0.15) is 35.1 Å². The number of nitrogens with zero attached hydrogens (tertiary/aromatic N) is 2. The van der Waals surface area contributed by atoms with Gasteiger partial charge in [-0.15, -0.1) is 23.2 Å². The zero-order chi connectivity index (χ0) is 18.4. The van der Waals surface area contributed by atoms with Gasteiger partial charge in [0.15, 0.2) is 0 Å². The number of benzene rings is 2. The topological polar surface area (TPSA) is 27.0 Å². The molecule has 2 aromatic carbocycles. The first-order chi connectivity index (χ1) is 11.9. The molecule has 0 aliphatic rings. The molecular weight excluding hydrogens is 358 g/mol. The molecule has 0 aliphatic heterocycles. The van der Waals surface area contributed by atoms with Crippen molar-refractivity contribution in [2.75, 3.05) is 20.6 Å². The number of alkyl halides is 2. The highest BCUT2D eigenvalue weighted by atomic mass is 35.5. The van der Waals surface area contributed by atoms with E-state index in [-0.39, 0.29) is 11.7 Å². The molecule has 0 aliphatic carbocycles. The Bertz CT molecular complexity index is 753. The second-order valence-electron chi connectivity index (χ2n) is 6.33. The van der Waals surface area contributed by atoms with Gasteiger partial charge in [0.05, 0.1) is 16.5 Å². The molecule has 0 N–H and O–H groups in total. The first kappa shape index (κ1) is 19.7. The fourth-order valence-corrected chi connectivity index (χ4v) is 3.61. The molecule has 0 radical (unpaired) electrons. The normalized spacial score (nSPS) is 13.5. The maximum Gasteiger partial charge on any atom is 0.123 e. The number of hydrogen-bond donors (Lipinski definition) is 0. The van der Waals surface area contributed by atoms with Crippen LogP contribution in [0.25, 0.3) is 0 Å². The monoisotopic (exact) mass is 378 g/mol. The van der Waals surface area contributed by atoms with Gasteiger partial charge in [-0.3, -0.25) is 0 Å². The molecule has 0 heterocycles. The summed E-state index contributed by atoms with van der Waals surface area (Å²) in [5, 5.41) is 9.13. The van der Waals surface area contributed by atoms with Crippen molar-refractivity contribution in [1.82, 2.24) is 4.90 Å². The minimum Gasteiger partial charge on any atom is -0.309 e. The SMILES string of the molecule is CN(C)CCC[C@](Cl)(c1ccc(F)cc1)c1ccc(C#N)cc1CCl. The molecule has 0 fully saturated rings. The predicted molar refractivity (Wildman–Crippen MR) is 102 cm³/mol. The summed E-state index contributed by atoms with van der Waals surface area (Å²) in [7, 11) is 4.03. The molecule has 0 bridgehead atoms. The summed E-state index contributed by atoms with van der Waals surface area (Å²) in [5.41, 5.74) is 3.06. The van der Waals surface area contributed by atoms with Gasteiger partial charge in [-0.2, -0.15) is 5.26 Å². The van der Waals surface area contributed by atoms with Gasteiger partial charge in [0.2, 0.25) is 0 Å². The summed E-state index contributed by atoms with van der Waals surface area (Å²) in [5.74, 6) is -0.0396. The van der Waals surface area contributed by atoms with Gasteiger partial charge in [0.25, 0.3) is 0 Å². The van der Waals surface area contributed by atoms with Crippen molar-refractivity contribution in [3.63, 3.8) is 0 Å². The minimum atomic E-state index is -0.818. The summed E-state index contributed by atoms with van der Waals surface area (Å²) in [6.45, 7) is 0.891. The fraction of sp³-hybridized carbons (Fsp3) is 0.350. The highest BCUT2D eigenvalue weighted by Crippen LogP contribution is 2.43. The Morgan fingerprint density at radius 1 is 1.16 bits per heavy atom. The maximum atomic E-state index is 13.4. The third-order valence-electron chi connectivity index (χ3n) is 4.23. The Hall–Kier alpha value is -1.60. The molecule has 1 atom stereocenters. The Morgan fingerprint density at radius 2 is 1.84 bits per heavy atom. The summed E-state index contributed by atoms with van der Waals surface area (Å²) < 4.78 is 13.4. The van der Waals surface area contributed by atoms with E-state index in [4.69, 9.17) is 28.5 Å². The summed E-state index contributed by atoms with van der Waals surface area (Å²) in [6.07, 6.45) is 1.55. The average molecular weight is 379 g/mol. The van der Waals surface area contributed by atoms with Gasteiger partial charge in [-0.25, -0.2) is 4.39 Å². The highest BCUT2D eigenvalue weighted by Gasteiger charge is 2.33. The van der Waals surface area contributed by atoms with Crippen molar-refractivity contribution >= 4 is 23.2 Å². The summed E-state index contributed by atoms with van der Waals surface area (Å²) in [4.78, 5) is 1.28. The van der Waals surface area contributed by atoms with Crippen LogP contribution in [-0.4, -0.2) is 25.5 Å². The van der Waals surface area contributed by atoms with E-state index < -0.39 is 4.87 Å². The lowest BCUT2D eigenvalue weighted by Crippen LogP contribution is -2.25.